The maximum absolute atomic E-state index is 13.4. The van der Waals surface area contributed by atoms with E-state index in [0.29, 0.717) is 18.5 Å². The lowest BCUT2D eigenvalue weighted by Crippen LogP contribution is -2.40. The van der Waals surface area contributed by atoms with E-state index in [1.54, 1.807) is 4.90 Å². The van der Waals surface area contributed by atoms with Gasteiger partial charge in [-0.15, -0.1) is 0 Å². The summed E-state index contributed by atoms with van der Waals surface area (Å²) in [5.41, 5.74) is 2.37. The number of hydrogen-bond acceptors (Lipinski definition) is 4. The normalized spacial score (nSPS) is 18.4. The molecule has 1 aliphatic rings. The van der Waals surface area contributed by atoms with Gasteiger partial charge in [-0.3, -0.25) is 4.79 Å². The van der Waals surface area contributed by atoms with Gasteiger partial charge in [-0.2, -0.15) is 0 Å². The number of fused-ring (bicyclic) bond motifs is 1. The summed E-state index contributed by atoms with van der Waals surface area (Å²) >= 11 is 3.45. The van der Waals surface area contributed by atoms with Gasteiger partial charge in [-0.25, -0.2) is 8.42 Å². The van der Waals surface area contributed by atoms with Gasteiger partial charge in [-0.1, -0.05) is 46.3 Å². The van der Waals surface area contributed by atoms with Crippen LogP contribution in [0.2, 0.25) is 0 Å². The lowest BCUT2D eigenvalue weighted by Gasteiger charge is -2.28. The topological polar surface area (TPSA) is 67.6 Å². The number of halogens is 1. The van der Waals surface area contributed by atoms with Gasteiger partial charge in [0, 0.05) is 28.0 Å². The van der Waals surface area contributed by atoms with Crippen molar-refractivity contribution in [2.45, 2.75) is 25.9 Å². The molecule has 0 unspecified atom stereocenters. The van der Waals surface area contributed by atoms with E-state index < -0.39 is 9.84 Å². The zero-order chi connectivity index (χ0) is 19.9. The van der Waals surface area contributed by atoms with Gasteiger partial charge in [0.05, 0.1) is 11.5 Å². The van der Waals surface area contributed by atoms with E-state index in [4.69, 9.17) is 4.42 Å². The van der Waals surface area contributed by atoms with Crippen molar-refractivity contribution in [1.29, 1.82) is 0 Å². The molecule has 2 aromatic carbocycles. The Hall–Kier alpha value is -2.12. The molecule has 4 rings (SSSR count). The Morgan fingerprint density at radius 1 is 1.21 bits per heavy atom. The highest BCUT2D eigenvalue weighted by atomic mass is 79.9. The van der Waals surface area contributed by atoms with E-state index in [-0.39, 0.29) is 29.2 Å². The summed E-state index contributed by atoms with van der Waals surface area (Å²) in [6.07, 6.45) is 0.446. The van der Waals surface area contributed by atoms with Crippen LogP contribution in [0.1, 0.15) is 28.1 Å². The molecule has 1 saturated heterocycles. The van der Waals surface area contributed by atoms with Gasteiger partial charge < -0.3 is 9.32 Å². The molecule has 28 heavy (non-hydrogen) atoms. The molecule has 1 aliphatic heterocycles. The van der Waals surface area contributed by atoms with Gasteiger partial charge in [0.25, 0.3) is 5.91 Å². The van der Waals surface area contributed by atoms with E-state index in [9.17, 15) is 13.2 Å². The molecule has 0 radical (unpaired) electrons. The third-order valence-electron chi connectivity index (χ3n) is 5.19. The number of sulfone groups is 1. The molecule has 1 amide bonds. The molecule has 1 aromatic heterocycles. The van der Waals surface area contributed by atoms with Gasteiger partial charge in [0.2, 0.25) is 0 Å². The highest BCUT2D eigenvalue weighted by molar-refractivity contribution is 9.10. The summed E-state index contributed by atoms with van der Waals surface area (Å²) in [6, 6.07) is 14.9. The van der Waals surface area contributed by atoms with Gasteiger partial charge in [0.1, 0.15) is 5.58 Å². The predicted molar refractivity (Wildman–Crippen MR) is 112 cm³/mol. The fraction of sp³-hybridized carbons (Fsp3) is 0.286. The van der Waals surface area contributed by atoms with Crippen LogP contribution in [0.15, 0.2) is 57.4 Å². The number of hydrogen-bond donors (Lipinski definition) is 0. The van der Waals surface area contributed by atoms with Crippen LogP contribution in [-0.4, -0.2) is 36.8 Å². The molecule has 0 saturated carbocycles. The number of amides is 1. The number of aryl methyl sites for hydroxylation is 1. The van der Waals surface area contributed by atoms with E-state index in [1.165, 1.54) is 0 Å². The first-order valence-electron chi connectivity index (χ1n) is 9.08. The standard InChI is InChI=1S/C21H20BrNO4S/c1-14-18-7-2-3-8-19(18)27-20(14)21(24)23(17-9-10-28(25,26)13-17)12-15-5-4-6-16(22)11-15/h2-8,11,17H,9-10,12-13H2,1H3/t17-/m1/s1. The highest BCUT2D eigenvalue weighted by Gasteiger charge is 2.36. The molecule has 0 N–H and O–H groups in total. The van der Waals surface area contributed by atoms with Crippen molar-refractivity contribution in [3.05, 3.63) is 69.9 Å². The van der Waals surface area contributed by atoms with Crippen molar-refractivity contribution in [2.24, 2.45) is 0 Å². The summed E-state index contributed by atoms with van der Waals surface area (Å²) in [7, 11) is -3.13. The maximum Gasteiger partial charge on any atom is 0.290 e. The number of nitrogens with zero attached hydrogens (tertiary/aromatic N) is 1. The first-order valence-corrected chi connectivity index (χ1v) is 11.7. The Morgan fingerprint density at radius 2 is 2.00 bits per heavy atom. The minimum Gasteiger partial charge on any atom is -0.451 e. The lowest BCUT2D eigenvalue weighted by molar-refractivity contribution is 0.0649. The second kappa shape index (κ2) is 7.37. The highest BCUT2D eigenvalue weighted by Crippen LogP contribution is 2.29. The number of rotatable bonds is 4. The van der Waals surface area contributed by atoms with Crippen molar-refractivity contribution in [2.75, 3.05) is 11.5 Å². The maximum atomic E-state index is 13.4. The van der Waals surface area contributed by atoms with Crippen LogP contribution in [-0.2, 0) is 16.4 Å². The van der Waals surface area contributed by atoms with Crippen LogP contribution < -0.4 is 0 Å². The quantitative estimate of drug-likeness (QED) is 0.579. The third-order valence-corrected chi connectivity index (χ3v) is 7.43. The van der Waals surface area contributed by atoms with E-state index in [0.717, 1.165) is 21.0 Å². The molecular formula is C21H20BrNO4S. The fourth-order valence-electron chi connectivity index (χ4n) is 3.73. The average molecular weight is 462 g/mol. The zero-order valence-electron chi connectivity index (χ0n) is 15.4. The van der Waals surface area contributed by atoms with Crippen molar-refractivity contribution in [1.82, 2.24) is 4.90 Å². The Bertz CT molecular complexity index is 1150. The Labute approximate surface area is 172 Å². The second-order valence-electron chi connectivity index (χ2n) is 7.17. The molecule has 0 spiro atoms. The van der Waals surface area contributed by atoms with Gasteiger partial charge >= 0.3 is 0 Å². The zero-order valence-corrected chi connectivity index (χ0v) is 17.8. The molecule has 1 atom stereocenters. The van der Waals surface area contributed by atoms with Gasteiger partial charge in [-0.05, 0) is 37.1 Å². The SMILES string of the molecule is Cc1c(C(=O)N(Cc2cccc(Br)c2)[C@@H]2CCS(=O)(=O)C2)oc2ccccc12. The van der Waals surface area contributed by atoms with Crippen LogP contribution in [0.4, 0.5) is 0 Å². The molecule has 146 valence electrons. The molecule has 3 aromatic rings. The summed E-state index contributed by atoms with van der Waals surface area (Å²) in [4.78, 5) is 15.1. The predicted octanol–water partition coefficient (Wildman–Crippen LogP) is 4.33. The van der Waals surface area contributed by atoms with E-state index >= 15 is 0 Å². The second-order valence-corrected chi connectivity index (χ2v) is 10.3. The fourth-order valence-corrected chi connectivity index (χ4v) is 5.91. The number of carbonyl (C=O) groups is 1. The first kappa shape index (κ1) is 19.2. The average Bonchev–Trinajstić information content (AvgIpc) is 3.19. The van der Waals surface area contributed by atoms with Crippen LogP contribution in [0, 0.1) is 6.92 Å². The molecule has 0 aliphatic carbocycles. The van der Waals surface area contributed by atoms with Gasteiger partial charge in [0.15, 0.2) is 15.6 Å². The van der Waals surface area contributed by atoms with E-state index in [2.05, 4.69) is 15.9 Å². The number of furan rings is 1. The monoisotopic (exact) mass is 461 g/mol. The van der Waals surface area contributed by atoms with Crippen molar-refractivity contribution in [3.63, 3.8) is 0 Å². The largest absolute Gasteiger partial charge is 0.451 e. The number of benzene rings is 2. The minimum atomic E-state index is -3.13. The summed E-state index contributed by atoms with van der Waals surface area (Å²) < 4.78 is 30.9. The van der Waals surface area contributed by atoms with Crippen LogP contribution in [0.25, 0.3) is 11.0 Å². The lowest BCUT2D eigenvalue weighted by atomic mass is 10.1. The van der Waals surface area contributed by atoms with Crippen molar-refractivity contribution in [3.8, 4) is 0 Å². The van der Waals surface area contributed by atoms with Crippen LogP contribution in [0.5, 0.6) is 0 Å². The smallest absolute Gasteiger partial charge is 0.290 e. The molecule has 7 heteroatoms. The molecule has 2 heterocycles. The van der Waals surface area contributed by atoms with Crippen LogP contribution >= 0.6 is 15.9 Å². The summed E-state index contributed by atoms with van der Waals surface area (Å²) in [5.74, 6) is 0.113. The molecular weight excluding hydrogens is 442 g/mol. The Morgan fingerprint density at radius 3 is 2.68 bits per heavy atom. The Kier molecular flexibility index (Phi) is 5.05. The minimum absolute atomic E-state index is 0.00792. The summed E-state index contributed by atoms with van der Waals surface area (Å²) in [6.45, 7) is 2.19. The third kappa shape index (κ3) is 3.73. The summed E-state index contributed by atoms with van der Waals surface area (Å²) in [5, 5.41) is 0.896. The molecule has 1 fully saturated rings. The number of para-hydroxylation sites is 1. The number of carbonyl (C=O) groups excluding carboxylic acids is 1. The first-order chi connectivity index (χ1) is 13.3. The van der Waals surface area contributed by atoms with Crippen molar-refractivity contribution >= 4 is 42.6 Å². The van der Waals surface area contributed by atoms with Crippen LogP contribution in [0.3, 0.4) is 0 Å². The molecule has 5 nitrogen and oxygen atoms in total. The Balaban J connectivity index is 1.73. The molecule has 0 bridgehead atoms. The van der Waals surface area contributed by atoms with E-state index in [1.807, 2.05) is 55.5 Å². The van der Waals surface area contributed by atoms with Crippen molar-refractivity contribution < 1.29 is 17.6 Å².